The zero-order valence-corrected chi connectivity index (χ0v) is 24.5. The van der Waals surface area contributed by atoms with Crippen LogP contribution in [-0.2, 0) is 29.4 Å². The highest BCUT2D eigenvalue weighted by Crippen LogP contribution is 2.36. The second kappa shape index (κ2) is 13.6. The molecule has 1 aliphatic rings. The SMILES string of the molecule is C1COCCN1.C=CCS(=O)(=O)c1ccc(C(C=C)S(=O)(=O)n2c(C(CC)C(=O)O)cc3cc(Cl)ccc32)cc1. The molecule has 1 saturated heterocycles. The molecule has 9 nitrogen and oxygen atoms in total. The Balaban J connectivity index is 0.000000649. The molecule has 1 fully saturated rings. The van der Waals surface area contributed by atoms with E-state index in [1.165, 1.54) is 54.6 Å². The lowest BCUT2D eigenvalue weighted by molar-refractivity contribution is -0.138. The molecule has 1 aliphatic heterocycles. The number of aromatic nitrogens is 1. The third kappa shape index (κ3) is 7.02. The van der Waals surface area contributed by atoms with Gasteiger partial charge in [-0.2, -0.15) is 0 Å². The number of carboxylic acids is 1. The van der Waals surface area contributed by atoms with Gasteiger partial charge < -0.3 is 15.2 Å². The van der Waals surface area contributed by atoms with E-state index in [9.17, 15) is 26.7 Å². The molecule has 1 aromatic heterocycles. The van der Waals surface area contributed by atoms with Gasteiger partial charge in [0.2, 0.25) is 10.0 Å². The van der Waals surface area contributed by atoms with Crippen molar-refractivity contribution in [3.05, 3.63) is 90.1 Å². The molecule has 2 aromatic carbocycles. The lowest BCUT2D eigenvalue weighted by Crippen LogP contribution is -2.30. The molecule has 0 bridgehead atoms. The fraction of sp³-hybridized carbons (Fsp3) is 0.321. The number of halogens is 1. The van der Waals surface area contributed by atoms with Crippen molar-refractivity contribution in [2.24, 2.45) is 0 Å². The largest absolute Gasteiger partial charge is 0.481 e. The number of fused-ring (bicyclic) bond motifs is 1. The Morgan fingerprint density at radius 3 is 2.23 bits per heavy atom. The predicted molar refractivity (Wildman–Crippen MR) is 157 cm³/mol. The summed E-state index contributed by atoms with van der Waals surface area (Å²) in [5, 5.41) is 12.5. The van der Waals surface area contributed by atoms with Crippen LogP contribution >= 0.6 is 11.6 Å². The molecule has 4 rings (SSSR count). The molecule has 12 heteroatoms. The zero-order chi connectivity index (χ0) is 29.5. The fourth-order valence-electron chi connectivity index (χ4n) is 4.39. The maximum atomic E-state index is 13.9. The minimum Gasteiger partial charge on any atom is -0.481 e. The molecule has 0 spiro atoms. The molecule has 2 atom stereocenters. The summed E-state index contributed by atoms with van der Waals surface area (Å²) >= 11 is 6.08. The molecular weight excluding hydrogens is 576 g/mol. The summed E-state index contributed by atoms with van der Waals surface area (Å²) in [5.41, 5.74) is 0.679. The molecule has 0 aliphatic carbocycles. The number of aliphatic carboxylic acids is 1. The lowest BCUT2D eigenvalue weighted by Gasteiger charge is -2.21. The van der Waals surface area contributed by atoms with Gasteiger partial charge in [0.25, 0.3) is 0 Å². The van der Waals surface area contributed by atoms with Crippen LogP contribution < -0.4 is 5.32 Å². The van der Waals surface area contributed by atoms with E-state index < -0.39 is 37.0 Å². The van der Waals surface area contributed by atoms with Crippen LogP contribution in [0, 0.1) is 0 Å². The average molecular weight is 609 g/mol. The Morgan fingerprint density at radius 1 is 1.10 bits per heavy atom. The maximum absolute atomic E-state index is 13.9. The van der Waals surface area contributed by atoms with E-state index in [1.807, 2.05) is 0 Å². The molecule has 3 aromatic rings. The van der Waals surface area contributed by atoms with Gasteiger partial charge >= 0.3 is 5.97 Å². The van der Waals surface area contributed by atoms with Crippen LogP contribution in [0.1, 0.15) is 35.8 Å². The first-order valence-electron chi connectivity index (χ1n) is 12.6. The molecule has 2 heterocycles. The van der Waals surface area contributed by atoms with Crippen molar-refractivity contribution in [3.8, 4) is 0 Å². The molecule has 0 amide bonds. The number of hydrogen-bond acceptors (Lipinski definition) is 7. The van der Waals surface area contributed by atoms with Gasteiger partial charge in [0, 0.05) is 29.2 Å². The molecule has 0 saturated carbocycles. The normalized spacial score (nSPS) is 15.4. The van der Waals surface area contributed by atoms with Gasteiger partial charge in [-0.1, -0.05) is 42.8 Å². The third-order valence-corrected chi connectivity index (χ3v) is 10.3. The average Bonchev–Trinajstić information content (AvgIpc) is 3.29. The number of benzene rings is 2. The van der Waals surface area contributed by atoms with Crippen LogP contribution in [0.5, 0.6) is 0 Å². The van der Waals surface area contributed by atoms with Gasteiger partial charge in [-0.15, -0.1) is 13.2 Å². The second-order valence-electron chi connectivity index (χ2n) is 9.04. The fourth-order valence-corrected chi connectivity index (χ4v) is 7.51. The van der Waals surface area contributed by atoms with E-state index in [0.29, 0.717) is 10.4 Å². The Bertz CT molecular complexity index is 1570. The van der Waals surface area contributed by atoms with Crippen molar-refractivity contribution in [1.29, 1.82) is 0 Å². The van der Waals surface area contributed by atoms with Crippen LogP contribution in [0.3, 0.4) is 0 Å². The van der Waals surface area contributed by atoms with Gasteiger partial charge in [-0.05, 0) is 48.4 Å². The van der Waals surface area contributed by atoms with Crippen LogP contribution in [0.15, 0.2) is 78.7 Å². The lowest BCUT2D eigenvalue weighted by atomic mass is 10.0. The van der Waals surface area contributed by atoms with Crippen LogP contribution in [0.2, 0.25) is 5.02 Å². The van der Waals surface area contributed by atoms with Crippen molar-refractivity contribution >= 4 is 48.3 Å². The van der Waals surface area contributed by atoms with Gasteiger partial charge in [-0.3, -0.25) is 4.79 Å². The monoisotopic (exact) mass is 608 g/mol. The molecular formula is C28H33ClN2O7S2. The first-order chi connectivity index (χ1) is 19.0. The highest BCUT2D eigenvalue weighted by molar-refractivity contribution is 7.91. The minimum atomic E-state index is -4.25. The molecule has 2 unspecified atom stereocenters. The first-order valence-corrected chi connectivity index (χ1v) is 16.1. The van der Waals surface area contributed by atoms with Gasteiger partial charge in [0.15, 0.2) is 9.84 Å². The van der Waals surface area contributed by atoms with E-state index in [4.69, 9.17) is 16.3 Å². The number of nitrogens with one attached hydrogen (secondary N) is 1. The minimum absolute atomic E-state index is 0.0371. The Kier molecular flexibility index (Phi) is 10.7. The summed E-state index contributed by atoms with van der Waals surface area (Å²) in [4.78, 5) is 12.0. The highest BCUT2D eigenvalue weighted by Gasteiger charge is 2.34. The quantitative estimate of drug-likeness (QED) is 0.321. The third-order valence-electron chi connectivity index (χ3n) is 6.35. The number of hydrogen-bond donors (Lipinski definition) is 2. The second-order valence-corrected chi connectivity index (χ2v) is 13.4. The highest BCUT2D eigenvalue weighted by atomic mass is 35.5. The summed E-state index contributed by atoms with van der Waals surface area (Å²) in [5.74, 6) is -2.47. The molecule has 40 heavy (non-hydrogen) atoms. The topological polar surface area (TPSA) is 132 Å². The van der Waals surface area contributed by atoms with Gasteiger partial charge in [0.1, 0.15) is 5.25 Å². The number of ether oxygens (including phenoxy) is 1. The molecule has 0 radical (unpaired) electrons. The summed E-state index contributed by atoms with van der Waals surface area (Å²) in [7, 11) is -7.83. The number of carboxylic acid groups (broad SMARTS) is 1. The summed E-state index contributed by atoms with van der Waals surface area (Å²) in [6, 6.07) is 11.6. The van der Waals surface area contributed by atoms with Crippen molar-refractivity contribution in [2.75, 3.05) is 32.1 Å². The Labute approximate surface area is 240 Å². The van der Waals surface area contributed by atoms with E-state index >= 15 is 0 Å². The van der Waals surface area contributed by atoms with Crippen molar-refractivity contribution < 1.29 is 31.5 Å². The Morgan fingerprint density at radius 2 is 1.75 bits per heavy atom. The van der Waals surface area contributed by atoms with Crippen LogP contribution in [0.25, 0.3) is 10.9 Å². The molecule has 216 valence electrons. The van der Waals surface area contributed by atoms with Crippen molar-refractivity contribution in [3.63, 3.8) is 0 Å². The van der Waals surface area contributed by atoms with Crippen molar-refractivity contribution in [2.45, 2.75) is 29.4 Å². The van der Waals surface area contributed by atoms with E-state index in [-0.39, 0.29) is 33.8 Å². The van der Waals surface area contributed by atoms with E-state index in [1.54, 1.807) is 13.0 Å². The summed E-state index contributed by atoms with van der Waals surface area (Å²) < 4.78 is 58.4. The van der Waals surface area contributed by atoms with Gasteiger partial charge in [0.05, 0.1) is 35.3 Å². The smallest absolute Gasteiger partial charge is 0.312 e. The van der Waals surface area contributed by atoms with Gasteiger partial charge in [-0.25, -0.2) is 20.8 Å². The number of rotatable bonds is 10. The number of morpholine rings is 1. The van der Waals surface area contributed by atoms with E-state index in [2.05, 4.69) is 18.5 Å². The number of nitrogens with zero attached hydrogens (tertiary/aromatic N) is 1. The summed E-state index contributed by atoms with van der Waals surface area (Å²) in [6.07, 6.45) is 2.68. The summed E-state index contributed by atoms with van der Waals surface area (Å²) in [6.45, 7) is 12.6. The van der Waals surface area contributed by atoms with E-state index in [0.717, 1.165) is 30.3 Å². The number of carbonyl (C=O) groups is 1. The molecule has 2 N–H and O–H groups in total. The first kappa shape index (κ1) is 31.6. The Hall–Kier alpha value is -2.96. The zero-order valence-electron chi connectivity index (χ0n) is 22.1. The van der Waals surface area contributed by atoms with Crippen LogP contribution in [-0.4, -0.2) is 63.9 Å². The maximum Gasteiger partial charge on any atom is 0.312 e. The van der Waals surface area contributed by atoms with Crippen molar-refractivity contribution in [1.82, 2.24) is 9.29 Å². The number of sulfone groups is 1. The van der Waals surface area contributed by atoms with Crippen LogP contribution in [0.4, 0.5) is 0 Å². The predicted octanol–water partition coefficient (Wildman–Crippen LogP) is 4.54. The standard InChI is InChI=1S/C24H24ClNO6S2.C4H9NO/c1-4-13-33(29,30)19-10-7-16(8-11-19)23(6-3)34(31,32)26-21-12-9-18(25)14-17(21)15-22(26)20(5-2)24(27)28;1-3-6-4-2-5-1/h4,6-12,14-15,20,23H,1,3,5,13H2,2H3,(H,27,28);5H,1-4H2.